The van der Waals surface area contributed by atoms with E-state index in [2.05, 4.69) is 5.32 Å². The molecule has 0 radical (unpaired) electrons. The van der Waals surface area contributed by atoms with Crippen LogP contribution >= 0.6 is 0 Å². The lowest BCUT2D eigenvalue weighted by atomic mass is 9.94. The quantitative estimate of drug-likeness (QED) is 0.869. The number of carbonyl (C=O) groups excluding carboxylic acids is 1. The molecule has 0 spiro atoms. The monoisotopic (exact) mass is 315 g/mol. The molecule has 6 nitrogen and oxygen atoms in total. The first-order chi connectivity index (χ1) is 9.82. The average Bonchev–Trinajstić information content (AvgIpc) is 2.79. The van der Waals surface area contributed by atoms with Gasteiger partial charge in [-0.15, -0.1) is 0 Å². The van der Waals surface area contributed by atoms with E-state index in [0.717, 1.165) is 12.8 Å². The molecule has 1 aromatic rings. The Morgan fingerprint density at radius 1 is 1.43 bits per heavy atom. The molecule has 1 saturated carbocycles. The molecule has 21 heavy (non-hydrogen) atoms. The van der Waals surface area contributed by atoms with Gasteiger partial charge in [-0.1, -0.05) is 12.8 Å². The SMILES string of the molecule is Cc1cc(CO)oc1C(=O)N[C@@H]1CCCC[C@H]1S(C)(=O)=O. The second kappa shape index (κ2) is 6.19. The number of amides is 1. The molecule has 2 rings (SSSR count). The van der Waals surface area contributed by atoms with E-state index in [4.69, 9.17) is 9.52 Å². The maximum Gasteiger partial charge on any atom is 0.287 e. The first-order valence-electron chi connectivity index (χ1n) is 7.03. The number of rotatable bonds is 4. The third-order valence-corrected chi connectivity index (χ3v) is 5.56. The standard InChI is InChI=1S/C14H21NO5S/c1-9-7-10(8-16)20-13(9)14(17)15-11-5-3-4-6-12(11)21(2,18)19/h7,11-12,16H,3-6,8H2,1-2H3,(H,15,17)/t11-,12-/m1/s1. The molecular formula is C14H21NO5S. The second-order valence-corrected chi connectivity index (χ2v) is 7.88. The Kier molecular flexibility index (Phi) is 4.73. The highest BCUT2D eigenvalue weighted by Gasteiger charge is 2.34. The van der Waals surface area contributed by atoms with Crippen molar-refractivity contribution in [2.45, 2.75) is 50.5 Å². The summed E-state index contributed by atoms with van der Waals surface area (Å²) in [5, 5.41) is 11.3. The van der Waals surface area contributed by atoms with Crippen molar-refractivity contribution in [3.63, 3.8) is 0 Å². The fourth-order valence-corrected chi connectivity index (χ4v) is 4.26. The first-order valence-corrected chi connectivity index (χ1v) is 8.98. The van der Waals surface area contributed by atoms with E-state index in [-0.39, 0.29) is 18.4 Å². The summed E-state index contributed by atoms with van der Waals surface area (Å²) in [6.07, 6.45) is 4.19. The molecular weight excluding hydrogens is 294 g/mol. The van der Waals surface area contributed by atoms with E-state index in [1.165, 1.54) is 6.26 Å². The molecule has 0 aromatic carbocycles. The molecule has 1 heterocycles. The smallest absolute Gasteiger partial charge is 0.287 e. The summed E-state index contributed by atoms with van der Waals surface area (Å²) < 4.78 is 28.9. The zero-order valence-electron chi connectivity index (χ0n) is 12.3. The van der Waals surface area contributed by atoms with Crippen molar-refractivity contribution < 1.29 is 22.7 Å². The van der Waals surface area contributed by atoms with E-state index in [9.17, 15) is 13.2 Å². The van der Waals surface area contributed by atoms with Crippen molar-refractivity contribution in [2.24, 2.45) is 0 Å². The van der Waals surface area contributed by atoms with Crippen LogP contribution in [-0.4, -0.2) is 37.0 Å². The van der Waals surface area contributed by atoms with E-state index >= 15 is 0 Å². The Hall–Kier alpha value is -1.34. The van der Waals surface area contributed by atoms with Crippen LogP contribution in [0.15, 0.2) is 10.5 Å². The van der Waals surface area contributed by atoms with Crippen LogP contribution in [0, 0.1) is 6.92 Å². The van der Waals surface area contributed by atoms with Crippen molar-refractivity contribution in [3.8, 4) is 0 Å². The number of hydrogen-bond donors (Lipinski definition) is 2. The largest absolute Gasteiger partial charge is 0.453 e. The number of aliphatic hydroxyl groups is 1. The second-order valence-electron chi connectivity index (χ2n) is 5.62. The Morgan fingerprint density at radius 2 is 2.10 bits per heavy atom. The Balaban J connectivity index is 2.15. The summed E-state index contributed by atoms with van der Waals surface area (Å²) in [5.74, 6) is 0.0329. The molecule has 118 valence electrons. The lowest BCUT2D eigenvalue weighted by molar-refractivity contribution is 0.0895. The number of aryl methyl sites for hydroxylation is 1. The van der Waals surface area contributed by atoms with Gasteiger partial charge in [-0.2, -0.15) is 0 Å². The van der Waals surface area contributed by atoms with E-state index in [1.807, 2.05) is 0 Å². The molecule has 2 N–H and O–H groups in total. The highest BCUT2D eigenvalue weighted by Crippen LogP contribution is 2.25. The fourth-order valence-electron chi connectivity index (χ4n) is 2.86. The van der Waals surface area contributed by atoms with Crippen LogP contribution in [0.25, 0.3) is 0 Å². The number of furan rings is 1. The molecule has 1 aromatic heterocycles. The van der Waals surface area contributed by atoms with Gasteiger partial charge in [0.1, 0.15) is 12.4 Å². The van der Waals surface area contributed by atoms with Crippen LogP contribution < -0.4 is 5.32 Å². The zero-order valence-corrected chi connectivity index (χ0v) is 13.1. The predicted octanol–water partition coefficient (Wildman–Crippen LogP) is 1.17. The summed E-state index contributed by atoms with van der Waals surface area (Å²) in [4.78, 5) is 12.3. The van der Waals surface area contributed by atoms with Crippen molar-refractivity contribution in [2.75, 3.05) is 6.26 Å². The number of carbonyl (C=O) groups is 1. The Morgan fingerprint density at radius 3 is 2.67 bits per heavy atom. The lowest BCUT2D eigenvalue weighted by Gasteiger charge is -2.30. The van der Waals surface area contributed by atoms with Crippen LogP contribution in [-0.2, 0) is 16.4 Å². The predicted molar refractivity (Wildman–Crippen MR) is 77.7 cm³/mol. The van der Waals surface area contributed by atoms with Crippen molar-refractivity contribution in [3.05, 3.63) is 23.2 Å². The van der Waals surface area contributed by atoms with Crippen LogP contribution in [0.4, 0.5) is 0 Å². The van der Waals surface area contributed by atoms with Crippen LogP contribution in [0.1, 0.15) is 47.6 Å². The summed E-state index contributed by atoms with van der Waals surface area (Å²) in [7, 11) is -3.20. The molecule has 2 atom stereocenters. The molecule has 0 unspecified atom stereocenters. The van der Waals surface area contributed by atoms with Crippen LogP contribution in [0.2, 0.25) is 0 Å². The van der Waals surface area contributed by atoms with E-state index in [0.29, 0.717) is 24.2 Å². The summed E-state index contributed by atoms with van der Waals surface area (Å²) in [5.41, 5.74) is 0.628. The van der Waals surface area contributed by atoms with Gasteiger partial charge in [0.15, 0.2) is 15.6 Å². The summed E-state index contributed by atoms with van der Waals surface area (Å²) in [6.45, 7) is 1.44. The molecule has 7 heteroatoms. The number of sulfone groups is 1. The molecule has 0 aliphatic heterocycles. The van der Waals surface area contributed by atoms with Gasteiger partial charge in [-0.25, -0.2) is 8.42 Å². The zero-order chi connectivity index (χ0) is 15.6. The normalized spacial score (nSPS) is 23.0. The first kappa shape index (κ1) is 16.0. The molecule has 1 fully saturated rings. The van der Waals surface area contributed by atoms with Crippen molar-refractivity contribution in [1.29, 1.82) is 0 Å². The third-order valence-electron chi connectivity index (χ3n) is 3.90. The van der Waals surface area contributed by atoms with Gasteiger partial charge < -0.3 is 14.8 Å². The average molecular weight is 315 g/mol. The highest BCUT2D eigenvalue weighted by atomic mass is 32.2. The maximum absolute atomic E-state index is 12.3. The molecule has 1 aliphatic carbocycles. The van der Waals surface area contributed by atoms with Gasteiger partial charge in [-0.05, 0) is 25.8 Å². The van der Waals surface area contributed by atoms with Gasteiger partial charge in [0.25, 0.3) is 5.91 Å². The molecule has 0 bridgehead atoms. The van der Waals surface area contributed by atoms with Crippen LogP contribution in [0.3, 0.4) is 0 Å². The Bertz CT molecular complexity index is 619. The van der Waals surface area contributed by atoms with Gasteiger partial charge in [0, 0.05) is 17.9 Å². The maximum atomic E-state index is 12.3. The van der Waals surface area contributed by atoms with E-state index < -0.39 is 21.0 Å². The summed E-state index contributed by atoms with van der Waals surface area (Å²) >= 11 is 0. The summed E-state index contributed by atoms with van der Waals surface area (Å²) in [6, 6.07) is 1.22. The third kappa shape index (κ3) is 3.65. The van der Waals surface area contributed by atoms with Gasteiger partial charge >= 0.3 is 0 Å². The van der Waals surface area contributed by atoms with Crippen molar-refractivity contribution in [1.82, 2.24) is 5.32 Å². The molecule has 1 amide bonds. The van der Waals surface area contributed by atoms with Gasteiger partial charge in [-0.3, -0.25) is 4.79 Å². The Labute approximate surface area is 124 Å². The van der Waals surface area contributed by atoms with Crippen LogP contribution in [0.5, 0.6) is 0 Å². The molecule has 1 aliphatic rings. The fraction of sp³-hybridized carbons (Fsp3) is 0.643. The number of nitrogens with one attached hydrogen (secondary N) is 1. The minimum Gasteiger partial charge on any atom is -0.453 e. The lowest BCUT2D eigenvalue weighted by Crippen LogP contribution is -2.48. The minimum atomic E-state index is -3.20. The highest BCUT2D eigenvalue weighted by molar-refractivity contribution is 7.91. The van der Waals surface area contributed by atoms with E-state index in [1.54, 1.807) is 13.0 Å². The van der Waals surface area contributed by atoms with Gasteiger partial charge in [0.05, 0.1) is 5.25 Å². The molecule has 0 saturated heterocycles. The van der Waals surface area contributed by atoms with Gasteiger partial charge in [0.2, 0.25) is 0 Å². The topological polar surface area (TPSA) is 96.6 Å². The number of aliphatic hydroxyl groups excluding tert-OH is 1. The van der Waals surface area contributed by atoms with Crippen molar-refractivity contribution >= 4 is 15.7 Å². The minimum absolute atomic E-state index is 0.136. The number of hydrogen-bond acceptors (Lipinski definition) is 5.